The molecule has 0 atom stereocenters. The predicted molar refractivity (Wildman–Crippen MR) is 58.2 cm³/mol. The zero-order valence-corrected chi connectivity index (χ0v) is 9.05. The van der Waals surface area contributed by atoms with E-state index in [1.807, 2.05) is 5.38 Å². The first-order chi connectivity index (χ1) is 7.29. The third-order valence-electron chi connectivity index (χ3n) is 1.96. The molecule has 1 aromatic heterocycles. The molecule has 78 valence electrons. The average molecular weight is 223 g/mol. The third-order valence-corrected chi connectivity index (χ3v) is 2.78. The average Bonchev–Trinajstić information content (AvgIpc) is 2.68. The fraction of sp³-hybridized carbons (Fsp3) is 0.182. The van der Waals surface area contributed by atoms with Crippen LogP contribution in [0.1, 0.15) is 5.01 Å². The maximum atomic E-state index is 12.7. The molecule has 0 N–H and O–H groups in total. The lowest BCUT2D eigenvalue weighted by Crippen LogP contribution is -1.86. The lowest BCUT2D eigenvalue weighted by Gasteiger charge is -1.95. The Balaban J connectivity index is 2.25. The van der Waals surface area contributed by atoms with E-state index in [0.29, 0.717) is 6.61 Å². The molecule has 1 aromatic carbocycles. The molecule has 0 amide bonds. The maximum absolute atomic E-state index is 12.7. The van der Waals surface area contributed by atoms with Crippen molar-refractivity contribution in [1.82, 2.24) is 4.98 Å². The fourth-order valence-corrected chi connectivity index (χ4v) is 2.03. The minimum Gasteiger partial charge on any atom is -0.378 e. The lowest BCUT2D eigenvalue weighted by atomic mass is 10.2. The number of aromatic nitrogens is 1. The topological polar surface area (TPSA) is 22.1 Å². The first-order valence-electron chi connectivity index (χ1n) is 4.49. The SMILES string of the molecule is COCc1nc(-c2ccc(F)cc2)cs1. The number of halogens is 1. The molecule has 0 aliphatic carbocycles. The van der Waals surface area contributed by atoms with Crippen LogP contribution in [0.4, 0.5) is 4.39 Å². The molecule has 0 bridgehead atoms. The summed E-state index contributed by atoms with van der Waals surface area (Å²) in [6.07, 6.45) is 0. The van der Waals surface area contributed by atoms with E-state index in [1.54, 1.807) is 30.6 Å². The van der Waals surface area contributed by atoms with E-state index < -0.39 is 0 Å². The molecular formula is C11H10FNOS. The number of hydrogen-bond donors (Lipinski definition) is 0. The van der Waals surface area contributed by atoms with Gasteiger partial charge in [-0.15, -0.1) is 11.3 Å². The van der Waals surface area contributed by atoms with Gasteiger partial charge in [-0.3, -0.25) is 0 Å². The van der Waals surface area contributed by atoms with E-state index in [1.165, 1.54) is 12.1 Å². The Bertz CT molecular complexity index is 438. The van der Waals surface area contributed by atoms with Crippen molar-refractivity contribution in [2.45, 2.75) is 6.61 Å². The highest BCUT2D eigenvalue weighted by molar-refractivity contribution is 7.09. The van der Waals surface area contributed by atoms with Crippen LogP contribution in [0.15, 0.2) is 29.6 Å². The van der Waals surface area contributed by atoms with Crippen molar-refractivity contribution in [3.05, 3.63) is 40.5 Å². The summed E-state index contributed by atoms with van der Waals surface area (Å²) in [5, 5.41) is 2.87. The summed E-state index contributed by atoms with van der Waals surface area (Å²) >= 11 is 1.54. The molecule has 0 saturated heterocycles. The number of nitrogens with zero attached hydrogens (tertiary/aromatic N) is 1. The minimum absolute atomic E-state index is 0.230. The van der Waals surface area contributed by atoms with Crippen molar-refractivity contribution in [3.8, 4) is 11.3 Å². The van der Waals surface area contributed by atoms with Gasteiger partial charge in [0.25, 0.3) is 0 Å². The summed E-state index contributed by atoms with van der Waals surface area (Å²) in [6, 6.07) is 6.32. The van der Waals surface area contributed by atoms with Crippen molar-refractivity contribution in [3.63, 3.8) is 0 Å². The molecule has 2 rings (SSSR count). The summed E-state index contributed by atoms with van der Waals surface area (Å²) in [7, 11) is 1.64. The van der Waals surface area contributed by atoms with E-state index in [0.717, 1.165) is 16.3 Å². The van der Waals surface area contributed by atoms with Crippen molar-refractivity contribution in [1.29, 1.82) is 0 Å². The minimum atomic E-state index is -0.230. The van der Waals surface area contributed by atoms with E-state index in [4.69, 9.17) is 4.74 Å². The smallest absolute Gasteiger partial charge is 0.123 e. The monoisotopic (exact) mass is 223 g/mol. The molecular weight excluding hydrogens is 213 g/mol. The Morgan fingerprint density at radius 3 is 2.73 bits per heavy atom. The molecule has 1 heterocycles. The van der Waals surface area contributed by atoms with Gasteiger partial charge in [0, 0.05) is 18.1 Å². The van der Waals surface area contributed by atoms with Gasteiger partial charge in [-0.05, 0) is 24.3 Å². The van der Waals surface area contributed by atoms with Crippen LogP contribution in [0.25, 0.3) is 11.3 Å². The van der Waals surface area contributed by atoms with Gasteiger partial charge in [0.1, 0.15) is 10.8 Å². The van der Waals surface area contributed by atoms with Crippen LogP contribution >= 0.6 is 11.3 Å². The van der Waals surface area contributed by atoms with Crippen molar-refractivity contribution >= 4 is 11.3 Å². The Morgan fingerprint density at radius 2 is 2.07 bits per heavy atom. The predicted octanol–water partition coefficient (Wildman–Crippen LogP) is 3.10. The van der Waals surface area contributed by atoms with Gasteiger partial charge in [0.15, 0.2) is 0 Å². The summed E-state index contributed by atoms with van der Waals surface area (Å²) < 4.78 is 17.7. The first kappa shape index (κ1) is 10.3. The molecule has 0 spiro atoms. The van der Waals surface area contributed by atoms with Gasteiger partial charge in [-0.2, -0.15) is 0 Å². The van der Waals surface area contributed by atoms with Gasteiger partial charge in [-0.25, -0.2) is 9.37 Å². The van der Waals surface area contributed by atoms with Crippen LogP contribution in [-0.2, 0) is 11.3 Å². The van der Waals surface area contributed by atoms with E-state index >= 15 is 0 Å². The maximum Gasteiger partial charge on any atom is 0.123 e. The molecule has 4 heteroatoms. The van der Waals surface area contributed by atoms with Gasteiger partial charge >= 0.3 is 0 Å². The molecule has 2 aromatic rings. The second-order valence-corrected chi connectivity index (χ2v) is 4.01. The molecule has 0 unspecified atom stereocenters. The van der Waals surface area contributed by atoms with Gasteiger partial charge < -0.3 is 4.74 Å². The number of benzene rings is 1. The summed E-state index contributed by atoms with van der Waals surface area (Å²) in [4.78, 5) is 4.37. The van der Waals surface area contributed by atoms with Gasteiger partial charge in [0.2, 0.25) is 0 Å². The van der Waals surface area contributed by atoms with Crippen LogP contribution in [0.5, 0.6) is 0 Å². The van der Waals surface area contributed by atoms with Crippen LogP contribution in [0.3, 0.4) is 0 Å². The van der Waals surface area contributed by atoms with Gasteiger partial charge in [0.05, 0.1) is 12.3 Å². The van der Waals surface area contributed by atoms with Crippen LogP contribution < -0.4 is 0 Å². The highest BCUT2D eigenvalue weighted by atomic mass is 32.1. The third kappa shape index (κ3) is 2.40. The van der Waals surface area contributed by atoms with Crippen molar-refractivity contribution in [2.24, 2.45) is 0 Å². The van der Waals surface area contributed by atoms with Crippen LogP contribution in [-0.4, -0.2) is 12.1 Å². The van der Waals surface area contributed by atoms with E-state index in [-0.39, 0.29) is 5.82 Å². The number of methoxy groups -OCH3 is 1. The molecule has 0 saturated carbocycles. The number of thiazole rings is 1. The highest BCUT2D eigenvalue weighted by Gasteiger charge is 2.03. The van der Waals surface area contributed by atoms with E-state index in [9.17, 15) is 4.39 Å². The van der Waals surface area contributed by atoms with Crippen molar-refractivity contribution < 1.29 is 9.13 Å². The summed E-state index contributed by atoms with van der Waals surface area (Å²) in [6.45, 7) is 0.520. The number of hydrogen-bond acceptors (Lipinski definition) is 3. The van der Waals surface area contributed by atoms with E-state index in [2.05, 4.69) is 4.98 Å². The molecule has 15 heavy (non-hydrogen) atoms. The fourth-order valence-electron chi connectivity index (χ4n) is 1.25. The van der Waals surface area contributed by atoms with Crippen LogP contribution in [0, 0.1) is 5.82 Å². The largest absolute Gasteiger partial charge is 0.378 e. The Hall–Kier alpha value is -1.26. The Labute approximate surface area is 91.4 Å². The van der Waals surface area contributed by atoms with Crippen LogP contribution in [0.2, 0.25) is 0 Å². The Kier molecular flexibility index (Phi) is 3.08. The molecule has 0 fully saturated rings. The second kappa shape index (κ2) is 4.51. The molecule has 0 aliphatic rings. The number of rotatable bonds is 3. The highest BCUT2D eigenvalue weighted by Crippen LogP contribution is 2.22. The molecule has 2 nitrogen and oxygen atoms in total. The Morgan fingerprint density at radius 1 is 1.33 bits per heavy atom. The number of ether oxygens (including phenoxy) is 1. The summed E-state index contributed by atoms with van der Waals surface area (Å²) in [5.41, 5.74) is 1.79. The van der Waals surface area contributed by atoms with Crippen molar-refractivity contribution in [2.75, 3.05) is 7.11 Å². The molecule has 0 radical (unpaired) electrons. The first-order valence-corrected chi connectivity index (χ1v) is 5.37. The zero-order valence-electron chi connectivity index (χ0n) is 8.24. The summed E-state index contributed by atoms with van der Waals surface area (Å²) in [5.74, 6) is -0.230. The zero-order chi connectivity index (χ0) is 10.7. The standard InChI is InChI=1S/C11H10FNOS/c1-14-6-11-13-10(7-15-11)8-2-4-9(12)5-3-8/h2-5,7H,6H2,1H3. The molecule has 0 aliphatic heterocycles. The normalized spacial score (nSPS) is 10.5. The van der Waals surface area contributed by atoms with Gasteiger partial charge in [-0.1, -0.05) is 0 Å². The lowest BCUT2D eigenvalue weighted by molar-refractivity contribution is 0.184. The quantitative estimate of drug-likeness (QED) is 0.797. The second-order valence-electron chi connectivity index (χ2n) is 3.07.